The second-order valence-electron chi connectivity index (χ2n) is 6.56. The molecule has 110 valence electrons. The average Bonchev–Trinajstić information content (AvgIpc) is 2.70. The van der Waals surface area contributed by atoms with Crippen molar-refractivity contribution in [3.8, 4) is 0 Å². The van der Waals surface area contributed by atoms with Crippen molar-refractivity contribution < 1.29 is 18.3 Å². The normalized spacial score (nSPS) is 30.7. The number of rotatable bonds is 0. The molecule has 0 bridgehead atoms. The minimum Gasteiger partial charge on any atom is -0.444 e. The van der Waals surface area contributed by atoms with Gasteiger partial charge in [-0.25, -0.2) is 13.6 Å². The van der Waals surface area contributed by atoms with Gasteiger partial charge in [0, 0.05) is 26.1 Å². The van der Waals surface area contributed by atoms with Crippen LogP contribution in [0.1, 0.15) is 33.6 Å². The molecule has 1 N–H and O–H groups in total. The smallest absolute Gasteiger partial charge is 0.410 e. The van der Waals surface area contributed by atoms with Crippen molar-refractivity contribution in [3.05, 3.63) is 0 Å². The molecule has 2 rings (SSSR count). The van der Waals surface area contributed by atoms with E-state index in [9.17, 15) is 13.6 Å². The van der Waals surface area contributed by atoms with Crippen LogP contribution in [-0.2, 0) is 4.74 Å². The van der Waals surface area contributed by atoms with Crippen molar-refractivity contribution in [1.29, 1.82) is 0 Å². The summed E-state index contributed by atoms with van der Waals surface area (Å²) in [6.45, 7) is 6.30. The highest BCUT2D eigenvalue weighted by molar-refractivity contribution is 5.68. The number of ether oxygens (including phenoxy) is 1. The van der Waals surface area contributed by atoms with E-state index in [1.54, 1.807) is 20.8 Å². The van der Waals surface area contributed by atoms with Crippen LogP contribution >= 0.6 is 0 Å². The van der Waals surface area contributed by atoms with Crippen molar-refractivity contribution >= 4 is 6.09 Å². The summed E-state index contributed by atoms with van der Waals surface area (Å²) >= 11 is 0. The van der Waals surface area contributed by atoms with Gasteiger partial charge < -0.3 is 15.0 Å². The summed E-state index contributed by atoms with van der Waals surface area (Å²) in [4.78, 5) is 13.4. The molecule has 0 unspecified atom stereocenters. The molecular weight excluding hydrogens is 254 g/mol. The highest BCUT2D eigenvalue weighted by Crippen LogP contribution is 2.47. The second-order valence-corrected chi connectivity index (χ2v) is 6.56. The van der Waals surface area contributed by atoms with Crippen LogP contribution < -0.4 is 5.32 Å². The monoisotopic (exact) mass is 276 g/mol. The van der Waals surface area contributed by atoms with Gasteiger partial charge in [-0.2, -0.15) is 0 Å². The summed E-state index contributed by atoms with van der Waals surface area (Å²) < 4.78 is 33.5. The summed E-state index contributed by atoms with van der Waals surface area (Å²) in [6, 6.07) is 0. The van der Waals surface area contributed by atoms with E-state index in [1.165, 1.54) is 4.90 Å². The number of nitrogens with zero attached hydrogens (tertiary/aromatic N) is 1. The van der Waals surface area contributed by atoms with Gasteiger partial charge in [0.1, 0.15) is 5.60 Å². The molecule has 2 aliphatic heterocycles. The minimum atomic E-state index is -2.71. The molecule has 2 aliphatic rings. The first kappa shape index (κ1) is 14.5. The number of carbonyl (C=O) groups is 1. The van der Waals surface area contributed by atoms with Gasteiger partial charge in [0.15, 0.2) is 0 Å². The first-order chi connectivity index (χ1) is 8.65. The molecule has 19 heavy (non-hydrogen) atoms. The quantitative estimate of drug-likeness (QED) is 0.738. The minimum absolute atomic E-state index is 0.0592. The van der Waals surface area contributed by atoms with Gasteiger partial charge >= 0.3 is 6.09 Å². The van der Waals surface area contributed by atoms with Gasteiger partial charge in [0.05, 0.1) is 5.41 Å². The number of nitrogens with one attached hydrogen (secondary N) is 1. The zero-order valence-corrected chi connectivity index (χ0v) is 11.8. The fourth-order valence-electron chi connectivity index (χ4n) is 2.77. The summed E-state index contributed by atoms with van der Waals surface area (Å²) in [5.41, 5.74) is -1.72. The van der Waals surface area contributed by atoms with Gasteiger partial charge in [0.2, 0.25) is 0 Å². The maximum Gasteiger partial charge on any atom is 0.410 e. The van der Waals surface area contributed by atoms with Gasteiger partial charge in [-0.15, -0.1) is 0 Å². The average molecular weight is 276 g/mol. The van der Waals surface area contributed by atoms with Crippen molar-refractivity contribution in [3.63, 3.8) is 0 Å². The van der Waals surface area contributed by atoms with Crippen LogP contribution in [0.25, 0.3) is 0 Å². The first-order valence-corrected chi connectivity index (χ1v) is 6.72. The van der Waals surface area contributed by atoms with Crippen LogP contribution in [0.4, 0.5) is 13.6 Å². The highest BCUT2D eigenvalue weighted by atomic mass is 19.3. The number of likely N-dealkylation sites (tertiary alicyclic amines) is 1. The second kappa shape index (κ2) is 4.58. The highest BCUT2D eigenvalue weighted by Gasteiger charge is 2.58. The standard InChI is InChI=1S/C13H22F2N2O2/c1-11(2,3)19-10(18)17-7-5-13(14,15)12(9-17)4-6-16-8-12/h16H,4-9H2,1-3H3/t12-/m0/s1. The van der Waals surface area contributed by atoms with Crippen LogP contribution in [0.3, 0.4) is 0 Å². The molecule has 2 saturated heterocycles. The Kier molecular flexibility index (Phi) is 3.49. The zero-order valence-electron chi connectivity index (χ0n) is 11.8. The molecule has 2 heterocycles. The Morgan fingerprint density at radius 1 is 1.32 bits per heavy atom. The zero-order chi connectivity index (χ0) is 14.3. The molecule has 2 fully saturated rings. The molecule has 4 nitrogen and oxygen atoms in total. The first-order valence-electron chi connectivity index (χ1n) is 6.72. The number of carbonyl (C=O) groups excluding carboxylic acids is 1. The van der Waals surface area contributed by atoms with Crippen LogP contribution in [0.15, 0.2) is 0 Å². The van der Waals surface area contributed by atoms with Crippen LogP contribution in [-0.4, -0.2) is 48.7 Å². The van der Waals surface area contributed by atoms with Crippen molar-refractivity contribution in [2.45, 2.75) is 45.1 Å². The van der Waals surface area contributed by atoms with E-state index in [0.29, 0.717) is 13.0 Å². The third kappa shape index (κ3) is 2.83. The van der Waals surface area contributed by atoms with Gasteiger partial charge in [-0.05, 0) is 33.7 Å². The predicted molar refractivity (Wildman–Crippen MR) is 67.3 cm³/mol. The Morgan fingerprint density at radius 2 is 2.00 bits per heavy atom. The van der Waals surface area contributed by atoms with E-state index >= 15 is 0 Å². The van der Waals surface area contributed by atoms with E-state index in [2.05, 4.69) is 5.32 Å². The molecule has 0 aromatic heterocycles. The molecular formula is C13H22F2N2O2. The van der Waals surface area contributed by atoms with Gasteiger partial charge in [-0.1, -0.05) is 0 Å². The molecule has 0 aromatic rings. The van der Waals surface area contributed by atoms with Gasteiger partial charge in [-0.3, -0.25) is 0 Å². The Bertz CT molecular complexity index is 360. The molecule has 0 radical (unpaired) electrons. The van der Waals surface area contributed by atoms with Gasteiger partial charge in [0.25, 0.3) is 5.92 Å². The lowest BCUT2D eigenvalue weighted by molar-refractivity contribution is -0.155. The van der Waals surface area contributed by atoms with E-state index in [0.717, 1.165) is 0 Å². The summed E-state index contributed by atoms with van der Waals surface area (Å²) in [7, 11) is 0. The number of amides is 1. The largest absolute Gasteiger partial charge is 0.444 e. The van der Waals surface area contributed by atoms with Crippen molar-refractivity contribution in [2.24, 2.45) is 5.41 Å². The summed E-state index contributed by atoms with van der Waals surface area (Å²) in [6.07, 6.45) is -0.373. The van der Waals surface area contributed by atoms with E-state index in [-0.39, 0.29) is 26.1 Å². The molecule has 0 saturated carbocycles. The van der Waals surface area contributed by atoms with E-state index < -0.39 is 23.0 Å². The number of hydrogen-bond donors (Lipinski definition) is 1. The summed E-state index contributed by atoms with van der Waals surface area (Å²) in [5.74, 6) is -2.71. The third-order valence-electron chi connectivity index (χ3n) is 3.86. The van der Waals surface area contributed by atoms with Crippen LogP contribution in [0.2, 0.25) is 0 Å². The van der Waals surface area contributed by atoms with Crippen molar-refractivity contribution in [2.75, 3.05) is 26.2 Å². The fraction of sp³-hybridized carbons (Fsp3) is 0.923. The lowest BCUT2D eigenvalue weighted by Crippen LogP contribution is -2.58. The van der Waals surface area contributed by atoms with E-state index in [1.807, 2.05) is 0 Å². The number of piperidine rings is 1. The molecule has 1 amide bonds. The van der Waals surface area contributed by atoms with Crippen LogP contribution in [0, 0.1) is 5.41 Å². The number of alkyl halides is 2. The Hall–Kier alpha value is -0.910. The van der Waals surface area contributed by atoms with Crippen molar-refractivity contribution in [1.82, 2.24) is 10.2 Å². The Balaban J connectivity index is 2.08. The Labute approximate surface area is 112 Å². The molecule has 1 spiro atoms. The number of hydrogen-bond acceptors (Lipinski definition) is 3. The maximum absolute atomic E-state index is 14.1. The fourth-order valence-corrected chi connectivity index (χ4v) is 2.77. The Morgan fingerprint density at radius 3 is 2.53 bits per heavy atom. The predicted octanol–water partition coefficient (Wildman–Crippen LogP) is 2.24. The number of halogens is 2. The maximum atomic E-state index is 14.1. The molecule has 0 aromatic carbocycles. The van der Waals surface area contributed by atoms with E-state index in [4.69, 9.17) is 4.74 Å². The molecule has 1 atom stereocenters. The SMILES string of the molecule is CC(C)(C)OC(=O)N1CCC(F)(F)[C@]2(CCNC2)C1. The topological polar surface area (TPSA) is 41.6 Å². The molecule has 0 aliphatic carbocycles. The molecule has 6 heteroatoms. The lowest BCUT2D eigenvalue weighted by Gasteiger charge is -2.45. The third-order valence-corrected chi connectivity index (χ3v) is 3.86. The summed E-state index contributed by atoms with van der Waals surface area (Å²) in [5, 5.41) is 2.99. The lowest BCUT2D eigenvalue weighted by atomic mass is 9.76. The van der Waals surface area contributed by atoms with Crippen LogP contribution in [0.5, 0.6) is 0 Å².